The minimum absolute atomic E-state index is 0.104. The zero-order valence-electron chi connectivity index (χ0n) is 21.7. The second-order valence-corrected chi connectivity index (χ2v) is 10.1. The number of carboxylic acids is 1. The topological polar surface area (TPSA) is 159 Å². The summed E-state index contributed by atoms with van der Waals surface area (Å²) in [6, 6.07) is 18.6. The molecule has 3 amide bonds. The maximum atomic E-state index is 14.1. The second kappa shape index (κ2) is 10.0. The van der Waals surface area contributed by atoms with Crippen molar-refractivity contribution in [2.24, 2.45) is 11.8 Å². The zero-order valence-corrected chi connectivity index (χ0v) is 21.7. The number of nitrogens with zero attached hydrogens (tertiary/aromatic N) is 2. The first-order valence-electron chi connectivity index (χ1n) is 12.6. The molecule has 0 spiro atoms. The average Bonchev–Trinajstić information content (AvgIpc) is 3.38. The number of benzene rings is 3. The van der Waals surface area contributed by atoms with E-state index >= 15 is 0 Å². The van der Waals surface area contributed by atoms with E-state index in [1.165, 1.54) is 19.1 Å². The highest BCUT2D eigenvalue weighted by atomic mass is 16.6. The van der Waals surface area contributed by atoms with Crippen LogP contribution in [0.4, 0.5) is 17.1 Å². The van der Waals surface area contributed by atoms with Crippen LogP contribution in [-0.2, 0) is 25.6 Å². The van der Waals surface area contributed by atoms with Gasteiger partial charge in [0, 0.05) is 31.1 Å². The number of nitro groups is 1. The lowest BCUT2D eigenvalue weighted by Crippen LogP contribution is -2.57. The number of carboxylic acid groups (broad SMARTS) is 1. The molecule has 0 radical (unpaired) electrons. The molecule has 0 unspecified atom stereocenters. The largest absolute Gasteiger partial charge is 0.480 e. The molecule has 11 heteroatoms. The van der Waals surface area contributed by atoms with Crippen LogP contribution in [0.15, 0.2) is 72.8 Å². The highest BCUT2D eigenvalue weighted by Gasteiger charge is 2.69. The van der Waals surface area contributed by atoms with Crippen molar-refractivity contribution in [2.75, 3.05) is 10.2 Å². The molecule has 5 rings (SSSR count). The van der Waals surface area contributed by atoms with Crippen molar-refractivity contribution in [3.05, 3.63) is 99.6 Å². The summed E-state index contributed by atoms with van der Waals surface area (Å²) in [5, 5.41) is 28.3. The van der Waals surface area contributed by atoms with Gasteiger partial charge in [-0.15, -0.1) is 0 Å². The summed E-state index contributed by atoms with van der Waals surface area (Å²) in [5.41, 5.74) is -0.260. The maximum Gasteiger partial charge on any atom is 0.325 e. The van der Waals surface area contributed by atoms with Gasteiger partial charge in [0.05, 0.1) is 16.8 Å². The number of aliphatic carboxylic acids is 1. The number of aryl methyl sites for hydroxylation is 1. The van der Waals surface area contributed by atoms with Gasteiger partial charge in [-0.05, 0) is 41.8 Å². The number of nitro benzene ring substituents is 1. The summed E-state index contributed by atoms with van der Waals surface area (Å²) >= 11 is 0. The summed E-state index contributed by atoms with van der Waals surface area (Å²) in [7, 11) is 0. The Hall–Kier alpha value is -4.90. The van der Waals surface area contributed by atoms with Crippen molar-refractivity contribution in [1.29, 1.82) is 0 Å². The Bertz CT molecular complexity index is 1540. The highest BCUT2D eigenvalue weighted by Crippen LogP contribution is 2.52. The molecule has 11 nitrogen and oxygen atoms in total. The van der Waals surface area contributed by atoms with Crippen molar-refractivity contribution in [2.45, 2.75) is 31.8 Å². The third-order valence-corrected chi connectivity index (χ3v) is 7.52. The Morgan fingerprint density at radius 1 is 1.05 bits per heavy atom. The minimum Gasteiger partial charge on any atom is -0.480 e. The first-order chi connectivity index (χ1) is 19.0. The molecule has 2 fully saturated rings. The van der Waals surface area contributed by atoms with Gasteiger partial charge in [0.25, 0.3) is 5.69 Å². The van der Waals surface area contributed by atoms with Crippen molar-refractivity contribution < 1.29 is 29.2 Å². The number of carbonyl (C=O) groups excluding carboxylic acids is 3. The van der Waals surface area contributed by atoms with Gasteiger partial charge in [0.1, 0.15) is 11.2 Å². The Kier molecular flexibility index (Phi) is 6.68. The van der Waals surface area contributed by atoms with E-state index < -0.39 is 51.8 Å². The number of anilines is 2. The SMILES string of the molecule is CC(=O)Nc1ccc([C@@H]2N[C@](Cc3ccccc3)(C(=O)O)[C@@H]3C(=O)N(c4ccc(C)cc4[N+](=O)[O-])C(=O)[C@@H]32)cc1. The van der Waals surface area contributed by atoms with Crippen molar-refractivity contribution in [3.8, 4) is 0 Å². The Morgan fingerprint density at radius 2 is 1.73 bits per heavy atom. The summed E-state index contributed by atoms with van der Waals surface area (Å²) in [6.07, 6.45) is -0.104. The van der Waals surface area contributed by atoms with Gasteiger partial charge in [-0.1, -0.05) is 48.5 Å². The molecule has 0 aliphatic carbocycles. The maximum absolute atomic E-state index is 14.1. The first kappa shape index (κ1) is 26.7. The normalized spacial score (nSPS) is 23.6. The molecule has 0 saturated carbocycles. The van der Waals surface area contributed by atoms with Crippen LogP contribution in [0.2, 0.25) is 0 Å². The van der Waals surface area contributed by atoms with Crippen LogP contribution < -0.4 is 15.5 Å². The number of amides is 3. The first-order valence-corrected chi connectivity index (χ1v) is 12.6. The Labute approximate surface area is 229 Å². The zero-order chi connectivity index (χ0) is 28.8. The molecule has 2 aliphatic heterocycles. The molecule has 204 valence electrons. The monoisotopic (exact) mass is 542 g/mol. The Balaban J connectivity index is 1.65. The molecule has 0 bridgehead atoms. The molecule has 2 saturated heterocycles. The fraction of sp³-hybridized carbons (Fsp3) is 0.241. The number of nitrogens with one attached hydrogen (secondary N) is 2. The molecule has 3 aromatic rings. The molecule has 3 N–H and O–H groups in total. The smallest absolute Gasteiger partial charge is 0.325 e. The van der Waals surface area contributed by atoms with E-state index in [0.29, 0.717) is 22.4 Å². The van der Waals surface area contributed by atoms with Crippen LogP contribution >= 0.6 is 0 Å². The number of fused-ring (bicyclic) bond motifs is 1. The lowest BCUT2D eigenvalue weighted by Gasteiger charge is -2.31. The quantitative estimate of drug-likeness (QED) is 0.233. The van der Waals surface area contributed by atoms with Gasteiger partial charge >= 0.3 is 5.97 Å². The summed E-state index contributed by atoms with van der Waals surface area (Å²) in [5.74, 6) is -5.62. The third kappa shape index (κ3) is 4.39. The van der Waals surface area contributed by atoms with Crippen LogP contribution in [0.5, 0.6) is 0 Å². The van der Waals surface area contributed by atoms with Gasteiger partial charge in [-0.25, -0.2) is 4.90 Å². The number of hydrogen-bond acceptors (Lipinski definition) is 7. The summed E-state index contributed by atoms with van der Waals surface area (Å²) < 4.78 is 0. The summed E-state index contributed by atoms with van der Waals surface area (Å²) in [4.78, 5) is 64.5. The van der Waals surface area contributed by atoms with E-state index in [2.05, 4.69) is 10.6 Å². The lowest BCUT2D eigenvalue weighted by atomic mass is 9.76. The van der Waals surface area contributed by atoms with E-state index in [0.717, 1.165) is 4.90 Å². The van der Waals surface area contributed by atoms with Gasteiger partial charge in [-0.2, -0.15) is 0 Å². The van der Waals surface area contributed by atoms with Crippen LogP contribution in [0, 0.1) is 28.9 Å². The average molecular weight is 543 g/mol. The molecule has 4 atom stereocenters. The van der Waals surface area contributed by atoms with E-state index in [9.17, 15) is 34.4 Å². The van der Waals surface area contributed by atoms with Crippen LogP contribution in [0.3, 0.4) is 0 Å². The predicted octanol–water partition coefficient (Wildman–Crippen LogP) is 3.38. The molecule has 3 aromatic carbocycles. The molecule has 2 heterocycles. The molecular weight excluding hydrogens is 516 g/mol. The number of rotatable bonds is 7. The third-order valence-electron chi connectivity index (χ3n) is 7.52. The van der Waals surface area contributed by atoms with E-state index in [1.54, 1.807) is 67.6 Å². The molecule has 40 heavy (non-hydrogen) atoms. The van der Waals surface area contributed by atoms with Gasteiger partial charge < -0.3 is 10.4 Å². The fourth-order valence-electron chi connectivity index (χ4n) is 5.83. The van der Waals surface area contributed by atoms with Crippen molar-refractivity contribution >= 4 is 40.8 Å². The predicted molar refractivity (Wildman–Crippen MR) is 144 cm³/mol. The lowest BCUT2D eigenvalue weighted by molar-refractivity contribution is -0.384. The fourth-order valence-corrected chi connectivity index (χ4v) is 5.83. The van der Waals surface area contributed by atoms with Crippen LogP contribution in [-0.4, -0.2) is 39.3 Å². The second-order valence-electron chi connectivity index (χ2n) is 10.1. The van der Waals surface area contributed by atoms with Gasteiger partial charge in [0.15, 0.2) is 0 Å². The standard InChI is InChI=1S/C29H26N4O7/c1-16-8-13-21(22(14-16)33(39)40)32-26(35)23-24(27(32)36)29(28(37)38,15-18-6-4-3-5-7-18)31-25(23)19-9-11-20(12-10-19)30-17(2)34/h3-14,23-25,31H,15H2,1-2H3,(H,30,34)(H,37,38)/t23-,24-,25-,29-/m0/s1. The number of carbonyl (C=O) groups is 4. The van der Waals surface area contributed by atoms with E-state index in [1.807, 2.05) is 0 Å². The van der Waals surface area contributed by atoms with E-state index in [-0.39, 0.29) is 18.0 Å². The molecular formula is C29H26N4O7. The van der Waals surface area contributed by atoms with Gasteiger partial charge in [0.2, 0.25) is 17.7 Å². The van der Waals surface area contributed by atoms with Crippen molar-refractivity contribution in [1.82, 2.24) is 5.32 Å². The Morgan fingerprint density at radius 3 is 2.33 bits per heavy atom. The van der Waals surface area contributed by atoms with Crippen LogP contribution in [0.1, 0.15) is 29.7 Å². The van der Waals surface area contributed by atoms with Crippen molar-refractivity contribution in [3.63, 3.8) is 0 Å². The molecule has 0 aromatic heterocycles. The molecule has 2 aliphatic rings. The number of imide groups is 1. The van der Waals surface area contributed by atoms with Gasteiger partial charge in [-0.3, -0.25) is 34.6 Å². The summed E-state index contributed by atoms with van der Waals surface area (Å²) in [6.45, 7) is 3.02. The number of hydrogen-bond donors (Lipinski definition) is 3. The van der Waals surface area contributed by atoms with E-state index in [4.69, 9.17) is 0 Å². The highest BCUT2D eigenvalue weighted by molar-refractivity contribution is 6.25. The minimum atomic E-state index is -1.88. The van der Waals surface area contributed by atoms with Crippen LogP contribution in [0.25, 0.3) is 0 Å².